The van der Waals surface area contributed by atoms with E-state index < -0.39 is 15.9 Å². The number of sulfone groups is 1. The van der Waals surface area contributed by atoms with E-state index in [1.165, 1.54) is 23.9 Å². The van der Waals surface area contributed by atoms with Crippen LogP contribution in [0.2, 0.25) is 0 Å². The minimum absolute atomic E-state index is 0.176. The molecule has 0 spiro atoms. The fourth-order valence-corrected chi connectivity index (χ4v) is 3.72. The van der Waals surface area contributed by atoms with Crippen molar-refractivity contribution in [1.29, 1.82) is 0 Å². The molecule has 2 aromatic rings. The van der Waals surface area contributed by atoms with Gasteiger partial charge >= 0.3 is 0 Å². The molecule has 1 atom stereocenters. The number of thioether (sulfide) groups is 1. The van der Waals surface area contributed by atoms with E-state index in [9.17, 15) is 13.2 Å². The number of benzene rings is 2. The average molecular weight is 350 g/mol. The fourth-order valence-electron chi connectivity index (χ4n) is 1.88. The number of anilines is 1. The first-order valence-corrected chi connectivity index (χ1v) is 9.61. The first-order chi connectivity index (χ1) is 10.8. The highest BCUT2D eigenvalue weighted by molar-refractivity contribution is 7.98. The topological polar surface area (TPSA) is 89.3 Å². The number of hydrogen-bond acceptors (Lipinski definition) is 5. The van der Waals surface area contributed by atoms with E-state index >= 15 is 0 Å². The van der Waals surface area contributed by atoms with Crippen LogP contribution < -0.4 is 11.1 Å². The molecule has 0 aliphatic carbocycles. The number of nitrogens with two attached hydrogens (primary N) is 1. The molecule has 0 fully saturated rings. The van der Waals surface area contributed by atoms with Crippen LogP contribution in [0.1, 0.15) is 6.92 Å². The summed E-state index contributed by atoms with van der Waals surface area (Å²) in [4.78, 5) is 12.8. The third-order valence-corrected chi connectivity index (χ3v) is 5.69. The van der Waals surface area contributed by atoms with Crippen molar-refractivity contribution in [2.24, 2.45) is 5.73 Å². The largest absolute Gasteiger partial charge is 0.325 e. The lowest BCUT2D eigenvalue weighted by molar-refractivity contribution is -0.117. The normalized spacial score (nSPS) is 12.7. The Bertz CT molecular complexity index is 800. The van der Waals surface area contributed by atoms with Gasteiger partial charge in [0.1, 0.15) is 0 Å². The van der Waals surface area contributed by atoms with Crippen molar-refractivity contribution in [2.45, 2.75) is 27.7 Å². The first-order valence-electron chi connectivity index (χ1n) is 6.90. The van der Waals surface area contributed by atoms with Crippen molar-refractivity contribution in [3.63, 3.8) is 0 Å². The van der Waals surface area contributed by atoms with E-state index in [1.54, 1.807) is 37.3 Å². The van der Waals surface area contributed by atoms with Gasteiger partial charge in [-0.15, -0.1) is 11.8 Å². The van der Waals surface area contributed by atoms with E-state index in [0.29, 0.717) is 5.69 Å². The number of amides is 1. The summed E-state index contributed by atoms with van der Waals surface area (Å²) in [5, 5.41) is 2.62. The molecular weight excluding hydrogens is 332 g/mol. The van der Waals surface area contributed by atoms with Gasteiger partial charge in [0, 0.05) is 10.6 Å². The number of nitrogens with one attached hydrogen (secondary N) is 1. The second kappa shape index (κ2) is 7.16. The maximum Gasteiger partial charge on any atom is 0.240 e. The molecule has 122 valence electrons. The maximum absolute atomic E-state index is 12.6. The number of carbonyl (C=O) groups is 1. The first kappa shape index (κ1) is 17.5. The second-order valence-electron chi connectivity index (χ2n) is 4.98. The minimum atomic E-state index is -3.58. The Labute approximate surface area is 140 Å². The summed E-state index contributed by atoms with van der Waals surface area (Å²) >= 11 is 1.48. The fraction of sp³-hybridized carbons (Fsp3) is 0.188. The van der Waals surface area contributed by atoms with E-state index in [0.717, 1.165) is 4.90 Å². The predicted molar refractivity (Wildman–Crippen MR) is 92.4 cm³/mol. The van der Waals surface area contributed by atoms with Crippen molar-refractivity contribution in [3.8, 4) is 0 Å². The van der Waals surface area contributed by atoms with Gasteiger partial charge in [-0.1, -0.05) is 6.07 Å². The number of rotatable bonds is 5. The number of carbonyl (C=O) groups excluding carboxylic acids is 1. The SMILES string of the molecule is CSc1cccc(S(=O)(=O)c2ccc(NC(=O)C(C)N)cc2)c1. The Morgan fingerprint density at radius 3 is 2.35 bits per heavy atom. The molecule has 5 nitrogen and oxygen atoms in total. The molecule has 0 aliphatic heterocycles. The quantitative estimate of drug-likeness (QED) is 0.809. The lowest BCUT2D eigenvalue weighted by Gasteiger charge is -2.09. The van der Waals surface area contributed by atoms with Crippen LogP contribution >= 0.6 is 11.8 Å². The molecule has 0 bridgehead atoms. The standard InChI is InChI=1S/C16H18N2O3S2/c1-11(17)16(19)18-12-6-8-14(9-7-12)23(20,21)15-5-3-4-13(10-15)22-2/h3-11H,17H2,1-2H3,(H,18,19). The molecule has 1 unspecified atom stereocenters. The van der Waals surface area contributed by atoms with Crippen LogP contribution in [0.4, 0.5) is 5.69 Å². The van der Waals surface area contributed by atoms with E-state index in [4.69, 9.17) is 5.73 Å². The number of hydrogen-bond donors (Lipinski definition) is 2. The van der Waals surface area contributed by atoms with Gasteiger partial charge in [-0.25, -0.2) is 8.42 Å². The summed E-state index contributed by atoms with van der Waals surface area (Å²) < 4.78 is 25.3. The highest BCUT2D eigenvalue weighted by atomic mass is 32.2. The van der Waals surface area contributed by atoms with Crippen molar-refractivity contribution < 1.29 is 13.2 Å². The Balaban J connectivity index is 2.28. The van der Waals surface area contributed by atoms with E-state index in [2.05, 4.69) is 5.32 Å². The van der Waals surface area contributed by atoms with Crippen molar-refractivity contribution in [3.05, 3.63) is 48.5 Å². The van der Waals surface area contributed by atoms with Crippen LogP contribution in [-0.2, 0) is 14.6 Å². The van der Waals surface area contributed by atoms with Gasteiger partial charge in [-0.05, 0) is 55.6 Å². The lowest BCUT2D eigenvalue weighted by atomic mass is 10.3. The summed E-state index contributed by atoms with van der Waals surface area (Å²) in [5.41, 5.74) is 5.98. The average Bonchev–Trinajstić information content (AvgIpc) is 2.55. The third-order valence-electron chi connectivity index (χ3n) is 3.20. The molecule has 0 radical (unpaired) electrons. The van der Waals surface area contributed by atoms with Crippen molar-refractivity contribution in [2.75, 3.05) is 11.6 Å². The molecular formula is C16H18N2O3S2. The molecule has 0 heterocycles. The highest BCUT2D eigenvalue weighted by Gasteiger charge is 2.18. The van der Waals surface area contributed by atoms with Gasteiger partial charge in [-0.2, -0.15) is 0 Å². The molecule has 0 aliphatic rings. The van der Waals surface area contributed by atoms with Crippen molar-refractivity contribution >= 4 is 33.2 Å². The summed E-state index contributed by atoms with van der Waals surface area (Å²) in [6.07, 6.45) is 1.89. The highest BCUT2D eigenvalue weighted by Crippen LogP contribution is 2.25. The summed E-state index contributed by atoms with van der Waals surface area (Å²) in [5.74, 6) is -0.326. The second-order valence-corrected chi connectivity index (χ2v) is 7.81. The van der Waals surface area contributed by atoms with Gasteiger partial charge < -0.3 is 11.1 Å². The Kier molecular flexibility index (Phi) is 5.46. The van der Waals surface area contributed by atoms with Gasteiger partial charge in [0.05, 0.1) is 15.8 Å². The predicted octanol–water partition coefficient (Wildman–Crippen LogP) is 2.53. The zero-order chi connectivity index (χ0) is 17.0. The Morgan fingerprint density at radius 1 is 1.13 bits per heavy atom. The molecule has 3 N–H and O–H groups in total. The van der Waals surface area contributed by atoms with Crippen LogP contribution in [0.5, 0.6) is 0 Å². The summed E-state index contributed by atoms with van der Waals surface area (Å²) in [7, 11) is -3.58. The lowest BCUT2D eigenvalue weighted by Crippen LogP contribution is -2.32. The molecule has 0 saturated carbocycles. The van der Waals surface area contributed by atoms with Crippen LogP contribution in [0.25, 0.3) is 0 Å². The molecule has 0 saturated heterocycles. The molecule has 1 amide bonds. The van der Waals surface area contributed by atoms with Gasteiger partial charge in [-0.3, -0.25) is 4.79 Å². The third kappa shape index (κ3) is 4.13. The smallest absolute Gasteiger partial charge is 0.240 e. The van der Waals surface area contributed by atoms with Gasteiger partial charge in [0.25, 0.3) is 0 Å². The zero-order valence-corrected chi connectivity index (χ0v) is 14.4. The molecule has 23 heavy (non-hydrogen) atoms. The maximum atomic E-state index is 12.6. The minimum Gasteiger partial charge on any atom is -0.325 e. The van der Waals surface area contributed by atoms with E-state index in [-0.39, 0.29) is 15.7 Å². The zero-order valence-electron chi connectivity index (χ0n) is 12.8. The van der Waals surface area contributed by atoms with Crippen LogP contribution in [-0.4, -0.2) is 26.6 Å². The Hall–Kier alpha value is -1.83. The molecule has 2 aromatic carbocycles. The van der Waals surface area contributed by atoms with Crippen LogP contribution in [0, 0.1) is 0 Å². The summed E-state index contributed by atoms with van der Waals surface area (Å²) in [6.45, 7) is 1.58. The molecule has 2 rings (SSSR count). The molecule has 7 heteroatoms. The summed E-state index contributed by atoms with van der Waals surface area (Å²) in [6, 6.07) is 12.2. The van der Waals surface area contributed by atoms with Crippen molar-refractivity contribution in [1.82, 2.24) is 0 Å². The van der Waals surface area contributed by atoms with Crippen LogP contribution in [0.3, 0.4) is 0 Å². The van der Waals surface area contributed by atoms with Crippen LogP contribution in [0.15, 0.2) is 63.2 Å². The van der Waals surface area contributed by atoms with Gasteiger partial charge in [0.15, 0.2) is 0 Å². The molecule has 0 aromatic heterocycles. The van der Waals surface area contributed by atoms with Gasteiger partial charge in [0.2, 0.25) is 15.7 Å². The Morgan fingerprint density at radius 2 is 1.78 bits per heavy atom. The van der Waals surface area contributed by atoms with E-state index in [1.807, 2.05) is 12.3 Å². The monoisotopic (exact) mass is 350 g/mol.